The lowest BCUT2D eigenvalue weighted by molar-refractivity contribution is 0.141. The van der Waals surface area contributed by atoms with Gasteiger partial charge in [0.05, 0.1) is 11.1 Å². The van der Waals surface area contributed by atoms with Gasteiger partial charge in [-0.05, 0) is 40.9 Å². The number of aryl methyl sites for hydroxylation is 1. The molecule has 0 aliphatic carbocycles. The second-order valence-corrected chi connectivity index (χ2v) is 4.38. The number of hydrogen-bond acceptors (Lipinski definition) is 4. The number of nitrogens with zero attached hydrogens (tertiary/aromatic N) is 1. The number of aromatic nitrogens is 1. The van der Waals surface area contributed by atoms with E-state index in [4.69, 9.17) is 10.5 Å². The fourth-order valence-electron chi connectivity index (χ4n) is 1.23. The van der Waals surface area contributed by atoms with Gasteiger partial charge in [0.2, 0.25) is 0 Å². The molecule has 5 heteroatoms. The van der Waals surface area contributed by atoms with Crippen LogP contribution in [-0.4, -0.2) is 31.3 Å². The van der Waals surface area contributed by atoms with Crippen LogP contribution in [0.3, 0.4) is 0 Å². The Hall–Kier alpha value is -0.650. The number of rotatable bonds is 7. The van der Waals surface area contributed by atoms with E-state index in [1.165, 1.54) is 0 Å². The Labute approximate surface area is 105 Å². The number of ether oxygens (including phenoxy) is 1. The van der Waals surface area contributed by atoms with Gasteiger partial charge in [0, 0.05) is 25.9 Å². The molecular weight excluding hydrogens is 270 g/mol. The van der Waals surface area contributed by atoms with Gasteiger partial charge in [-0.3, -0.25) is 0 Å². The van der Waals surface area contributed by atoms with Crippen molar-refractivity contribution in [3.63, 3.8) is 0 Å². The van der Waals surface area contributed by atoms with Gasteiger partial charge in [0.15, 0.2) is 0 Å². The Bertz CT molecular complexity index is 320. The predicted octanol–water partition coefficient (Wildman–Crippen LogP) is 1.93. The van der Waals surface area contributed by atoms with Crippen LogP contribution in [0.1, 0.15) is 12.0 Å². The van der Waals surface area contributed by atoms with E-state index in [1.54, 1.807) is 0 Å². The summed E-state index contributed by atoms with van der Waals surface area (Å²) in [7, 11) is 0. The fraction of sp³-hybridized carbons (Fsp3) is 0.545. The molecule has 0 aliphatic rings. The molecule has 0 spiro atoms. The predicted molar refractivity (Wildman–Crippen MR) is 69.7 cm³/mol. The SMILES string of the molecule is Cc1cnc(NCCCOCCN)c(Br)c1. The summed E-state index contributed by atoms with van der Waals surface area (Å²) >= 11 is 3.47. The highest BCUT2D eigenvalue weighted by Gasteiger charge is 2.00. The highest BCUT2D eigenvalue weighted by Crippen LogP contribution is 2.20. The summed E-state index contributed by atoms with van der Waals surface area (Å²) in [5.74, 6) is 0.879. The maximum Gasteiger partial charge on any atom is 0.140 e. The molecule has 0 bridgehead atoms. The summed E-state index contributed by atoms with van der Waals surface area (Å²) in [5.41, 5.74) is 6.45. The standard InChI is InChI=1S/C11H18BrN3O/c1-9-7-10(12)11(15-8-9)14-4-2-5-16-6-3-13/h7-8H,2-6,13H2,1H3,(H,14,15). The molecule has 4 nitrogen and oxygen atoms in total. The van der Waals surface area contributed by atoms with Gasteiger partial charge in [-0.1, -0.05) is 0 Å². The van der Waals surface area contributed by atoms with Crippen LogP contribution in [0.25, 0.3) is 0 Å². The van der Waals surface area contributed by atoms with Crippen molar-refractivity contribution in [2.45, 2.75) is 13.3 Å². The Morgan fingerprint density at radius 1 is 1.50 bits per heavy atom. The van der Waals surface area contributed by atoms with Gasteiger partial charge in [-0.2, -0.15) is 0 Å². The molecule has 0 saturated heterocycles. The van der Waals surface area contributed by atoms with Crippen LogP contribution in [0.15, 0.2) is 16.7 Å². The molecule has 16 heavy (non-hydrogen) atoms. The van der Waals surface area contributed by atoms with E-state index in [0.717, 1.165) is 35.4 Å². The molecule has 90 valence electrons. The van der Waals surface area contributed by atoms with Crippen molar-refractivity contribution >= 4 is 21.7 Å². The highest BCUT2D eigenvalue weighted by atomic mass is 79.9. The topological polar surface area (TPSA) is 60.2 Å². The second kappa shape index (κ2) is 7.60. The number of nitrogens with one attached hydrogen (secondary N) is 1. The van der Waals surface area contributed by atoms with Crippen molar-refractivity contribution in [2.75, 3.05) is 31.6 Å². The van der Waals surface area contributed by atoms with Gasteiger partial charge in [-0.15, -0.1) is 0 Å². The zero-order valence-electron chi connectivity index (χ0n) is 9.50. The largest absolute Gasteiger partial charge is 0.380 e. The minimum Gasteiger partial charge on any atom is -0.380 e. The molecule has 1 rings (SSSR count). The molecule has 1 aromatic rings. The molecule has 0 aromatic carbocycles. The van der Waals surface area contributed by atoms with Gasteiger partial charge < -0.3 is 15.8 Å². The number of pyridine rings is 1. The lowest BCUT2D eigenvalue weighted by Gasteiger charge is -2.08. The van der Waals surface area contributed by atoms with E-state index in [2.05, 4.69) is 26.2 Å². The number of hydrogen-bond donors (Lipinski definition) is 2. The van der Waals surface area contributed by atoms with E-state index >= 15 is 0 Å². The first kappa shape index (κ1) is 13.4. The Balaban J connectivity index is 2.21. The molecular formula is C11H18BrN3O. The van der Waals surface area contributed by atoms with Crippen molar-refractivity contribution in [2.24, 2.45) is 5.73 Å². The molecule has 1 aromatic heterocycles. The van der Waals surface area contributed by atoms with Crippen molar-refractivity contribution in [1.29, 1.82) is 0 Å². The normalized spacial score (nSPS) is 10.4. The maximum absolute atomic E-state index is 5.31. The van der Waals surface area contributed by atoms with Gasteiger partial charge >= 0.3 is 0 Å². The molecule has 3 N–H and O–H groups in total. The van der Waals surface area contributed by atoms with Crippen molar-refractivity contribution in [3.8, 4) is 0 Å². The minimum atomic E-state index is 0.582. The summed E-state index contributed by atoms with van der Waals surface area (Å²) in [6.45, 7) is 4.81. The maximum atomic E-state index is 5.31. The molecule has 0 radical (unpaired) electrons. The molecule has 0 aliphatic heterocycles. The molecule has 0 atom stereocenters. The quantitative estimate of drug-likeness (QED) is 0.753. The van der Waals surface area contributed by atoms with Crippen molar-refractivity contribution in [1.82, 2.24) is 4.98 Å². The first-order chi connectivity index (χ1) is 7.74. The average Bonchev–Trinajstić information content (AvgIpc) is 2.26. The molecule has 0 amide bonds. The lowest BCUT2D eigenvalue weighted by Crippen LogP contribution is -2.12. The smallest absolute Gasteiger partial charge is 0.140 e. The van der Waals surface area contributed by atoms with E-state index in [1.807, 2.05) is 19.2 Å². The number of halogens is 1. The first-order valence-corrected chi connectivity index (χ1v) is 6.17. The monoisotopic (exact) mass is 287 g/mol. The van der Waals surface area contributed by atoms with Gasteiger partial charge in [0.25, 0.3) is 0 Å². The third kappa shape index (κ3) is 4.92. The first-order valence-electron chi connectivity index (χ1n) is 5.38. The van der Waals surface area contributed by atoms with Gasteiger partial charge in [-0.25, -0.2) is 4.98 Å². The van der Waals surface area contributed by atoms with Crippen LogP contribution in [0.4, 0.5) is 5.82 Å². The summed E-state index contributed by atoms with van der Waals surface area (Å²) in [6.07, 6.45) is 2.79. The minimum absolute atomic E-state index is 0.582. The van der Waals surface area contributed by atoms with Crippen molar-refractivity contribution in [3.05, 3.63) is 22.3 Å². The van der Waals surface area contributed by atoms with Crippen LogP contribution in [0.5, 0.6) is 0 Å². The summed E-state index contributed by atoms with van der Waals surface area (Å²) in [6, 6.07) is 2.04. The number of nitrogens with two attached hydrogens (primary N) is 1. The Morgan fingerprint density at radius 3 is 3.00 bits per heavy atom. The van der Waals surface area contributed by atoms with Gasteiger partial charge in [0.1, 0.15) is 5.82 Å². The molecule has 0 unspecified atom stereocenters. The second-order valence-electron chi connectivity index (χ2n) is 3.52. The Morgan fingerprint density at radius 2 is 2.31 bits per heavy atom. The summed E-state index contributed by atoms with van der Waals surface area (Å²) in [5, 5.41) is 3.25. The van der Waals surface area contributed by atoms with Crippen LogP contribution >= 0.6 is 15.9 Å². The Kier molecular flexibility index (Phi) is 6.37. The summed E-state index contributed by atoms with van der Waals surface area (Å²) in [4.78, 5) is 4.29. The fourth-order valence-corrected chi connectivity index (χ4v) is 1.83. The van der Waals surface area contributed by atoms with E-state index < -0.39 is 0 Å². The van der Waals surface area contributed by atoms with E-state index in [0.29, 0.717) is 13.2 Å². The third-order valence-electron chi connectivity index (χ3n) is 2.00. The van der Waals surface area contributed by atoms with Crippen LogP contribution < -0.4 is 11.1 Å². The number of anilines is 1. The van der Waals surface area contributed by atoms with E-state index in [9.17, 15) is 0 Å². The van der Waals surface area contributed by atoms with E-state index in [-0.39, 0.29) is 0 Å². The molecule has 1 heterocycles. The van der Waals surface area contributed by atoms with Crippen molar-refractivity contribution < 1.29 is 4.74 Å². The zero-order chi connectivity index (χ0) is 11.8. The van der Waals surface area contributed by atoms with Crippen LogP contribution in [0.2, 0.25) is 0 Å². The molecule has 0 fully saturated rings. The average molecular weight is 288 g/mol. The van der Waals surface area contributed by atoms with Crippen LogP contribution in [0, 0.1) is 6.92 Å². The third-order valence-corrected chi connectivity index (χ3v) is 2.60. The lowest BCUT2D eigenvalue weighted by atomic mass is 10.3. The van der Waals surface area contributed by atoms with Crippen LogP contribution in [-0.2, 0) is 4.74 Å². The summed E-state index contributed by atoms with van der Waals surface area (Å²) < 4.78 is 6.27. The molecule has 0 saturated carbocycles. The zero-order valence-corrected chi connectivity index (χ0v) is 11.1. The highest BCUT2D eigenvalue weighted by molar-refractivity contribution is 9.10.